The van der Waals surface area contributed by atoms with Gasteiger partial charge in [0, 0.05) is 31.7 Å². The fourth-order valence-electron chi connectivity index (χ4n) is 2.86. The highest BCUT2D eigenvalue weighted by Crippen LogP contribution is 2.30. The third-order valence-electron chi connectivity index (χ3n) is 4.03. The first kappa shape index (κ1) is 14.2. The first-order valence-corrected chi connectivity index (χ1v) is 7.01. The molecule has 2 heterocycles. The van der Waals surface area contributed by atoms with E-state index in [0.717, 1.165) is 52.4 Å². The summed E-state index contributed by atoms with van der Waals surface area (Å²) in [6.07, 6.45) is 1.11. The molecule has 0 spiro atoms. The van der Waals surface area contributed by atoms with Gasteiger partial charge in [-0.1, -0.05) is 6.92 Å². The highest BCUT2D eigenvalue weighted by Gasteiger charge is 2.38. The second-order valence-electron chi connectivity index (χ2n) is 5.46. The maximum Gasteiger partial charge on any atom is 0.0644 e. The van der Waals surface area contributed by atoms with E-state index in [-0.39, 0.29) is 18.1 Å². The first-order valence-electron chi connectivity index (χ1n) is 7.01. The van der Waals surface area contributed by atoms with Crippen LogP contribution in [0.4, 0.5) is 0 Å². The molecule has 2 aliphatic heterocycles. The Morgan fingerprint density at radius 2 is 2.28 bits per heavy atom. The first-order chi connectivity index (χ1) is 8.79. The second kappa shape index (κ2) is 6.82. The zero-order chi connectivity index (χ0) is 12.8. The predicted octanol–water partition coefficient (Wildman–Crippen LogP) is -0.304. The van der Waals surface area contributed by atoms with Crippen molar-refractivity contribution in [3.8, 4) is 0 Å². The van der Waals surface area contributed by atoms with Crippen LogP contribution in [0.2, 0.25) is 0 Å². The van der Waals surface area contributed by atoms with Gasteiger partial charge in [-0.15, -0.1) is 0 Å². The molecule has 2 fully saturated rings. The van der Waals surface area contributed by atoms with Crippen molar-refractivity contribution in [2.24, 2.45) is 5.41 Å². The lowest BCUT2D eigenvalue weighted by Gasteiger charge is -2.40. The summed E-state index contributed by atoms with van der Waals surface area (Å²) < 4.78 is 11.0. The van der Waals surface area contributed by atoms with Crippen LogP contribution in [-0.4, -0.2) is 75.3 Å². The number of rotatable bonds is 6. The number of aliphatic hydroxyl groups excluding tert-OH is 1. The molecule has 2 N–H and O–H groups in total. The normalized spacial score (nSPS) is 34.0. The van der Waals surface area contributed by atoms with E-state index in [2.05, 4.69) is 17.1 Å². The van der Waals surface area contributed by atoms with Crippen molar-refractivity contribution >= 4 is 0 Å². The number of aliphatic hydroxyl groups is 1. The van der Waals surface area contributed by atoms with Gasteiger partial charge < -0.3 is 19.9 Å². The number of hydrogen-bond acceptors (Lipinski definition) is 5. The van der Waals surface area contributed by atoms with Gasteiger partial charge in [0.2, 0.25) is 0 Å². The molecule has 2 unspecified atom stereocenters. The van der Waals surface area contributed by atoms with E-state index in [9.17, 15) is 5.11 Å². The second-order valence-corrected chi connectivity index (χ2v) is 5.46. The summed E-state index contributed by atoms with van der Waals surface area (Å²) in [6, 6.07) is 0.151. The smallest absolute Gasteiger partial charge is 0.0644 e. The molecule has 0 bridgehead atoms. The molecule has 2 aliphatic rings. The summed E-state index contributed by atoms with van der Waals surface area (Å²) in [5.74, 6) is 0. The van der Waals surface area contributed by atoms with Crippen molar-refractivity contribution in [2.45, 2.75) is 19.4 Å². The van der Waals surface area contributed by atoms with Gasteiger partial charge in [0.1, 0.15) is 0 Å². The summed E-state index contributed by atoms with van der Waals surface area (Å²) in [5.41, 5.74) is 0.209. The monoisotopic (exact) mass is 258 g/mol. The predicted molar refractivity (Wildman–Crippen MR) is 69.7 cm³/mol. The molecule has 2 saturated heterocycles. The van der Waals surface area contributed by atoms with E-state index < -0.39 is 0 Å². The minimum absolute atomic E-state index is 0.151. The fourth-order valence-corrected chi connectivity index (χ4v) is 2.86. The summed E-state index contributed by atoms with van der Waals surface area (Å²) in [4.78, 5) is 2.37. The Balaban J connectivity index is 1.94. The third-order valence-corrected chi connectivity index (χ3v) is 4.03. The Labute approximate surface area is 109 Å². The molecule has 5 heteroatoms. The average Bonchev–Trinajstić information content (AvgIpc) is 2.86. The standard InChI is InChI=1S/C13H26N2O3/c1-2-14-9-13(3-5-18-11-13)10-15-4-6-17-8-12(15)7-16/h12,14,16H,2-11H2,1H3. The highest BCUT2D eigenvalue weighted by molar-refractivity contribution is 4.90. The summed E-state index contributed by atoms with van der Waals surface area (Å²) in [7, 11) is 0. The summed E-state index contributed by atoms with van der Waals surface area (Å²) >= 11 is 0. The quantitative estimate of drug-likeness (QED) is 0.685. The van der Waals surface area contributed by atoms with Gasteiger partial charge in [-0.3, -0.25) is 4.90 Å². The van der Waals surface area contributed by atoms with Crippen molar-refractivity contribution in [1.29, 1.82) is 0 Å². The molecule has 106 valence electrons. The molecule has 0 aromatic carbocycles. The van der Waals surface area contributed by atoms with E-state index in [0.29, 0.717) is 6.61 Å². The van der Waals surface area contributed by atoms with Gasteiger partial charge >= 0.3 is 0 Å². The van der Waals surface area contributed by atoms with Crippen molar-refractivity contribution in [3.05, 3.63) is 0 Å². The molecule has 0 aliphatic carbocycles. The SMILES string of the molecule is CCNCC1(CN2CCOCC2CO)CCOC1. The van der Waals surface area contributed by atoms with Gasteiger partial charge in [-0.25, -0.2) is 0 Å². The van der Waals surface area contributed by atoms with Crippen LogP contribution in [0.5, 0.6) is 0 Å². The maximum atomic E-state index is 9.43. The Morgan fingerprint density at radius 1 is 1.39 bits per heavy atom. The maximum absolute atomic E-state index is 9.43. The number of nitrogens with zero attached hydrogens (tertiary/aromatic N) is 1. The average molecular weight is 258 g/mol. The van der Waals surface area contributed by atoms with Gasteiger partial charge in [0.05, 0.1) is 32.5 Å². The number of hydrogen-bond donors (Lipinski definition) is 2. The number of nitrogens with one attached hydrogen (secondary N) is 1. The lowest BCUT2D eigenvalue weighted by molar-refractivity contribution is -0.0454. The summed E-state index contributed by atoms with van der Waals surface area (Å²) in [6.45, 7) is 9.33. The van der Waals surface area contributed by atoms with Crippen LogP contribution in [0, 0.1) is 5.41 Å². The van der Waals surface area contributed by atoms with Crippen LogP contribution >= 0.6 is 0 Å². The molecule has 2 atom stereocenters. The molecule has 0 aromatic heterocycles. The number of ether oxygens (including phenoxy) is 2. The highest BCUT2D eigenvalue weighted by atomic mass is 16.5. The van der Waals surface area contributed by atoms with E-state index >= 15 is 0 Å². The zero-order valence-corrected chi connectivity index (χ0v) is 11.4. The molecule has 18 heavy (non-hydrogen) atoms. The van der Waals surface area contributed by atoms with E-state index in [1.54, 1.807) is 0 Å². The van der Waals surface area contributed by atoms with Crippen molar-refractivity contribution in [3.63, 3.8) is 0 Å². The molecule has 5 nitrogen and oxygen atoms in total. The topological polar surface area (TPSA) is 54.0 Å². The van der Waals surface area contributed by atoms with Gasteiger partial charge in [-0.2, -0.15) is 0 Å². The largest absolute Gasteiger partial charge is 0.395 e. The number of morpholine rings is 1. The molecule has 2 rings (SSSR count). The molecular weight excluding hydrogens is 232 g/mol. The van der Waals surface area contributed by atoms with Gasteiger partial charge in [-0.05, 0) is 13.0 Å². The van der Waals surface area contributed by atoms with Crippen molar-refractivity contribution in [1.82, 2.24) is 10.2 Å². The van der Waals surface area contributed by atoms with E-state index in [1.165, 1.54) is 0 Å². The third kappa shape index (κ3) is 3.42. The Kier molecular flexibility index (Phi) is 5.38. The zero-order valence-electron chi connectivity index (χ0n) is 11.4. The summed E-state index contributed by atoms with van der Waals surface area (Å²) in [5, 5.41) is 12.9. The van der Waals surface area contributed by atoms with Crippen molar-refractivity contribution < 1.29 is 14.6 Å². The van der Waals surface area contributed by atoms with Crippen LogP contribution in [0.25, 0.3) is 0 Å². The van der Waals surface area contributed by atoms with E-state index in [1.807, 2.05) is 0 Å². The molecular formula is C13H26N2O3. The molecule has 0 radical (unpaired) electrons. The van der Waals surface area contributed by atoms with Crippen LogP contribution in [0.3, 0.4) is 0 Å². The molecule has 0 aromatic rings. The van der Waals surface area contributed by atoms with Crippen LogP contribution in [-0.2, 0) is 9.47 Å². The van der Waals surface area contributed by atoms with E-state index in [4.69, 9.17) is 9.47 Å². The van der Waals surface area contributed by atoms with Crippen molar-refractivity contribution in [2.75, 3.05) is 59.2 Å². The fraction of sp³-hybridized carbons (Fsp3) is 1.00. The van der Waals surface area contributed by atoms with Crippen LogP contribution in [0.1, 0.15) is 13.3 Å². The minimum atomic E-state index is 0.151. The minimum Gasteiger partial charge on any atom is -0.395 e. The lowest BCUT2D eigenvalue weighted by atomic mass is 9.86. The van der Waals surface area contributed by atoms with Gasteiger partial charge in [0.25, 0.3) is 0 Å². The molecule has 0 saturated carbocycles. The lowest BCUT2D eigenvalue weighted by Crippen LogP contribution is -2.54. The van der Waals surface area contributed by atoms with Crippen LogP contribution < -0.4 is 5.32 Å². The Bertz CT molecular complexity index is 244. The molecule has 0 amide bonds. The van der Waals surface area contributed by atoms with Crippen LogP contribution in [0.15, 0.2) is 0 Å². The van der Waals surface area contributed by atoms with Gasteiger partial charge in [0.15, 0.2) is 0 Å². The Hall–Kier alpha value is -0.200. The Morgan fingerprint density at radius 3 is 2.94 bits per heavy atom.